The zero-order valence-electron chi connectivity index (χ0n) is 17.1. The van der Waals surface area contributed by atoms with Crippen LogP contribution in [0.5, 0.6) is 0 Å². The van der Waals surface area contributed by atoms with Gasteiger partial charge in [-0.2, -0.15) is 13.9 Å². The second-order valence-corrected chi connectivity index (χ2v) is 10.2. The maximum atomic E-state index is 11.9. The summed E-state index contributed by atoms with van der Waals surface area (Å²) in [5.41, 5.74) is 1.28. The van der Waals surface area contributed by atoms with Crippen molar-refractivity contribution < 1.29 is 46.0 Å². The maximum Gasteiger partial charge on any atom is 0.510 e. The molecule has 2 saturated carbocycles. The van der Waals surface area contributed by atoms with Crippen molar-refractivity contribution in [1.29, 1.82) is 0 Å². The number of ether oxygens (including phenoxy) is 3. The number of amides is 1. The van der Waals surface area contributed by atoms with Gasteiger partial charge in [-0.15, -0.1) is 0 Å². The highest BCUT2D eigenvalue weighted by Crippen LogP contribution is 2.55. The van der Waals surface area contributed by atoms with Crippen molar-refractivity contribution >= 4 is 28.1 Å². The Morgan fingerprint density at radius 2 is 1.90 bits per heavy atom. The van der Waals surface area contributed by atoms with Crippen molar-refractivity contribution in [1.82, 2.24) is 5.48 Å². The van der Waals surface area contributed by atoms with Gasteiger partial charge in [-0.25, -0.2) is 9.59 Å². The molecule has 2 bridgehead atoms. The SMILES string of the molecule is CCC(C)(C)C(=O)ONC(=O)CCOC(=O)OCOC1C2CC3C1OS(=O)(=O)C3C2. The van der Waals surface area contributed by atoms with E-state index in [2.05, 4.69) is 0 Å². The fraction of sp³-hybridized carbons (Fsp3) is 0.833. The van der Waals surface area contributed by atoms with Crippen LogP contribution in [0.3, 0.4) is 0 Å². The van der Waals surface area contributed by atoms with E-state index in [9.17, 15) is 22.8 Å². The van der Waals surface area contributed by atoms with Crippen molar-refractivity contribution in [3.63, 3.8) is 0 Å². The summed E-state index contributed by atoms with van der Waals surface area (Å²) >= 11 is 0. The van der Waals surface area contributed by atoms with Gasteiger partial charge in [-0.05, 0) is 39.0 Å². The van der Waals surface area contributed by atoms with Crippen LogP contribution in [0.1, 0.15) is 46.5 Å². The lowest BCUT2D eigenvalue weighted by atomic mass is 9.91. The summed E-state index contributed by atoms with van der Waals surface area (Å²) in [6, 6.07) is 0. The maximum absolute atomic E-state index is 11.9. The summed E-state index contributed by atoms with van der Waals surface area (Å²) in [7, 11) is -3.53. The number of fused-ring (bicyclic) bond motifs is 1. The highest BCUT2D eigenvalue weighted by atomic mass is 32.2. The van der Waals surface area contributed by atoms with Crippen LogP contribution in [-0.4, -0.2) is 57.3 Å². The molecular formula is C18H27NO10S. The zero-order chi connectivity index (χ0) is 22.1. The van der Waals surface area contributed by atoms with E-state index in [0.717, 1.165) is 6.42 Å². The Hall–Kier alpha value is -1.92. The average molecular weight is 449 g/mol. The number of rotatable bonds is 8. The van der Waals surface area contributed by atoms with Crippen LogP contribution in [-0.2, 0) is 42.9 Å². The Labute approximate surface area is 174 Å². The van der Waals surface area contributed by atoms with Gasteiger partial charge >= 0.3 is 12.1 Å². The van der Waals surface area contributed by atoms with Gasteiger partial charge in [0.1, 0.15) is 12.7 Å². The van der Waals surface area contributed by atoms with Crippen LogP contribution >= 0.6 is 0 Å². The minimum Gasteiger partial charge on any atom is -0.434 e. The molecule has 0 radical (unpaired) electrons. The van der Waals surface area contributed by atoms with Crippen molar-refractivity contribution in [2.24, 2.45) is 17.3 Å². The van der Waals surface area contributed by atoms with Gasteiger partial charge in [0.2, 0.25) is 0 Å². The van der Waals surface area contributed by atoms with Crippen LogP contribution in [0.4, 0.5) is 4.79 Å². The quantitative estimate of drug-likeness (QED) is 0.247. The summed E-state index contributed by atoms with van der Waals surface area (Å²) in [5.74, 6) is -1.20. The summed E-state index contributed by atoms with van der Waals surface area (Å²) in [5, 5.41) is -0.448. The Balaban J connectivity index is 1.28. The molecule has 170 valence electrons. The number of carbonyl (C=O) groups excluding carboxylic acids is 3. The van der Waals surface area contributed by atoms with Crippen molar-refractivity contribution in [2.45, 2.75) is 63.9 Å². The zero-order valence-corrected chi connectivity index (χ0v) is 17.9. The Morgan fingerprint density at radius 3 is 2.60 bits per heavy atom. The fourth-order valence-electron chi connectivity index (χ4n) is 3.98. The molecule has 5 unspecified atom stereocenters. The number of hydrogen-bond acceptors (Lipinski definition) is 10. The molecule has 0 aromatic rings. The third-order valence-electron chi connectivity index (χ3n) is 6.09. The van der Waals surface area contributed by atoms with Gasteiger partial charge in [-0.3, -0.25) is 8.98 Å². The second-order valence-electron chi connectivity index (χ2n) is 8.38. The Kier molecular flexibility index (Phi) is 6.58. The first-order valence-electron chi connectivity index (χ1n) is 9.88. The summed E-state index contributed by atoms with van der Waals surface area (Å²) in [4.78, 5) is 39.7. The normalized spacial score (nSPS) is 30.7. The third-order valence-corrected chi connectivity index (χ3v) is 7.87. The highest BCUT2D eigenvalue weighted by Gasteiger charge is 2.64. The molecule has 1 saturated heterocycles. The van der Waals surface area contributed by atoms with Crippen LogP contribution in [0, 0.1) is 17.3 Å². The van der Waals surface area contributed by atoms with Crippen molar-refractivity contribution in [2.75, 3.05) is 13.4 Å². The van der Waals surface area contributed by atoms with Gasteiger partial charge in [0.25, 0.3) is 16.0 Å². The van der Waals surface area contributed by atoms with Crippen LogP contribution in [0.25, 0.3) is 0 Å². The number of hydrogen-bond donors (Lipinski definition) is 1. The minimum atomic E-state index is -3.53. The van der Waals surface area contributed by atoms with Crippen molar-refractivity contribution in [3.8, 4) is 0 Å². The molecule has 1 N–H and O–H groups in total. The topological polar surface area (TPSA) is 144 Å². The van der Waals surface area contributed by atoms with Gasteiger partial charge in [0.15, 0.2) is 6.79 Å². The van der Waals surface area contributed by atoms with Crippen molar-refractivity contribution in [3.05, 3.63) is 0 Å². The van der Waals surface area contributed by atoms with Crippen LogP contribution in [0.2, 0.25) is 0 Å². The highest BCUT2D eigenvalue weighted by molar-refractivity contribution is 7.87. The molecule has 3 fully saturated rings. The first-order valence-corrected chi connectivity index (χ1v) is 11.4. The summed E-state index contributed by atoms with van der Waals surface area (Å²) in [6.45, 7) is 4.51. The predicted molar refractivity (Wildman–Crippen MR) is 98.9 cm³/mol. The molecular weight excluding hydrogens is 422 g/mol. The fourth-order valence-corrected chi connectivity index (χ4v) is 5.86. The molecule has 11 nitrogen and oxygen atoms in total. The molecule has 0 spiro atoms. The number of nitrogens with one attached hydrogen (secondary N) is 1. The van der Waals surface area contributed by atoms with Crippen LogP contribution < -0.4 is 5.48 Å². The van der Waals surface area contributed by atoms with Gasteiger partial charge < -0.3 is 19.0 Å². The molecule has 30 heavy (non-hydrogen) atoms. The third kappa shape index (κ3) is 4.70. The lowest BCUT2D eigenvalue weighted by Crippen LogP contribution is -2.36. The molecule has 1 heterocycles. The molecule has 3 rings (SSSR count). The van der Waals surface area contributed by atoms with E-state index in [0.29, 0.717) is 12.8 Å². The molecule has 0 aromatic carbocycles. The monoisotopic (exact) mass is 449 g/mol. The Bertz CT molecular complexity index is 795. The van der Waals surface area contributed by atoms with Gasteiger partial charge in [-0.1, -0.05) is 6.92 Å². The van der Waals surface area contributed by atoms with E-state index < -0.39 is 57.8 Å². The molecule has 1 amide bonds. The summed E-state index contributed by atoms with van der Waals surface area (Å²) in [6.07, 6.45) is -0.465. The lowest BCUT2D eigenvalue weighted by molar-refractivity contribution is -0.167. The number of hydroxylamine groups is 1. The minimum absolute atomic E-state index is 0.0611. The van der Waals surface area contributed by atoms with E-state index in [1.165, 1.54) is 0 Å². The molecule has 12 heteroatoms. The first-order chi connectivity index (χ1) is 14.0. The predicted octanol–water partition coefficient (Wildman–Crippen LogP) is 1.02. The number of carbonyl (C=O) groups is 3. The van der Waals surface area contributed by atoms with E-state index in [1.54, 1.807) is 13.8 Å². The van der Waals surface area contributed by atoms with E-state index in [1.807, 2.05) is 12.4 Å². The molecule has 3 aliphatic rings. The largest absolute Gasteiger partial charge is 0.510 e. The van der Waals surface area contributed by atoms with Gasteiger partial charge in [0, 0.05) is 5.92 Å². The van der Waals surface area contributed by atoms with E-state index in [-0.39, 0.29) is 24.9 Å². The van der Waals surface area contributed by atoms with Gasteiger partial charge in [0.05, 0.1) is 23.2 Å². The molecule has 2 aliphatic carbocycles. The second kappa shape index (κ2) is 8.67. The molecule has 1 aliphatic heterocycles. The Morgan fingerprint density at radius 1 is 1.17 bits per heavy atom. The van der Waals surface area contributed by atoms with E-state index in [4.69, 9.17) is 23.2 Å². The van der Waals surface area contributed by atoms with Crippen LogP contribution in [0.15, 0.2) is 0 Å². The standard InChI is InChI=1S/C18H27NO10S/c1-4-18(2,3)16(21)28-19-13(20)5-6-25-17(22)27-9-26-14-10-7-11-12(8-10)30(23,24)29-15(11)14/h10-12,14-15H,4-9H2,1-3H3,(H,19,20). The van der Waals surface area contributed by atoms with E-state index >= 15 is 0 Å². The molecule has 5 atom stereocenters. The average Bonchev–Trinajstić information content (AvgIpc) is 3.30. The molecule has 0 aromatic heterocycles. The smallest absolute Gasteiger partial charge is 0.434 e. The lowest BCUT2D eigenvalue weighted by Gasteiger charge is -2.24. The first kappa shape index (κ1) is 22.8. The summed E-state index contributed by atoms with van der Waals surface area (Å²) < 4.78 is 44.0.